The van der Waals surface area contributed by atoms with Gasteiger partial charge < -0.3 is 89.5 Å². The highest BCUT2D eigenvalue weighted by atomic mass is 16.4. The Labute approximate surface area is 526 Å². The third-order valence-electron chi connectivity index (χ3n) is 14.9. The number of hydrogen-bond acceptors (Lipinski definition) is 15. The van der Waals surface area contributed by atoms with E-state index in [0.717, 1.165) is 12.4 Å². The van der Waals surface area contributed by atoms with Crippen LogP contribution in [0.4, 0.5) is 0 Å². The number of rotatable bonds is 32. The van der Waals surface area contributed by atoms with Gasteiger partial charge in [0.25, 0.3) is 5.97 Å². The van der Waals surface area contributed by atoms with E-state index in [1.54, 1.807) is 45.2 Å². The van der Waals surface area contributed by atoms with Gasteiger partial charge in [-0.25, -0.2) is 4.98 Å². The van der Waals surface area contributed by atoms with Crippen molar-refractivity contribution in [3.63, 3.8) is 0 Å². The van der Waals surface area contributed by atoms with Crippen LogP contribution in [0.3, 0.4) is 0 Å². The molecule has 4 heterocycles. The smallest absolute Gasteiger partial charge is 0.300 e. The van der Waals surface area contributed by atoms with Crippen LogP contribution >= 0.6 is 0 Å². The summed E-state index contributed by atoms with van der Waals surface area (Å²) in [4.78, 5) is 164. The van der Waals surface area contributed by atoms with Crippen LogP contribution in [-0.2, 0) is 72.0 Å². The number of phenolic OH excluding ortho intramolecular Hbond substituents is 1. The highest BCUT2D eigenvalue weighted by molar-refractivity contribution is 5.99. The van der Waals surface area contributed by atoms with Crippen LogP contribution in [0.1, 0.15) is 110 Å². The lowest BCUT2D eigenvalue weighted by Gasteiger charge is -2.31. The predicted molar refractivity (Wildman–Crippen MR) is 333 cm³/mol. The number of fused-ring (bicyclic) bond motifs is 1. The van der Waals surface area contributed by atoms with Gasteiger partial charge in [0.15, 0.2) is 5.96 Å². The number of carbonyl (C=O) groups is 11. The van der Waals surface area contributed by atoms with Crippen molar-refractivity contribution in [2.75, 3.05) is 26.2 Å². The van der Waals surface area contributed by atoms with Crippen LogP contribution in [0, 0.1) is 11.8 Å². The molecule has 2 aromatic carbocycles. The number of amides is 10. The number of nitrogens with one attached hydrogen (secondary N) is 11. The molecule has 2 aliphatic heterocycles. The number of carboxylic acid groups (broad SMARTS) is 1. The van der Waals surface area contributed by atoms with E-state index in [2.05, 4.69) is 67.8 Å². The first-order chi connectivity index (χ1) is 43.3. The molecule has 2 fully saturated rings. The van der Waals surface area contributed by atoms with Gasteiger partial charge in [-0.1, -0.05) is 58.0 Å². The van der Waals surface area contributed by atoms with Crippen molar-refractivity contribution >= 4 is 81.9 Å². The first kappa shape index (κ1) is 72.1. The number of para-hydroxylation sites is 1. The number of benzene rings is 2. The van der Waals surface area contributed by atoms with E-state index in [1.807, 2.05) is 19.9 Å². The molecule has 30 heteroatoms. The number of hydrogen-bond donors (Lipinski definition) is 16. The average Bonchev–Trinajstić information content (AvgIpc) is 2.04. The highest BCUT2D eigenvalue weighted by Crippen LogP contribution is 2.22. The number of likely N-dealkylation sites (N-methyl/N-ethyl adjacent to an activating group) is 1. The highest BCUT2D eigenvalue weighted by Gasteiger charge is 2.40. The normalized spacial score (nSPS) is 16.7. The zero-order chi connectivity index (χ0) is 66.9. The Kier molecular flexibility index (Phi) is 28.2. The van der Waals surface area contributed by atoms with E-state index >= 15 is 0 Å². The maximum absolute atomic E-state index is 14.7. The van der Waals surface area contributed by atoms with E-state index in [0.29, 0.717) is 41.6 Å². The summed E-state index contributed by atoms with van der Waals surface area (Å²) < 4.78 is 0. The number of phenols is 1. The third kappa shape index (κ3) is 23.1. The summed E-state index contributed by atoms with van der Waals surface area (Å²) in [6.07, 6.45) is 5.80. The largest absolute Gasteiger partial charge is 0.508 e. The third-order valence-corrected chi connectivity index (χ3v) is 14.9. The minimum atomic E-state index is -1.75. The van der Waals surface area contributed by atoms with Gasteiger partial charge in [-0.3, -0.25) is 57.7 Å². The van der Waals surface area contributed by atoms with Gasteiger partial charge in [0, 0.05) is 81.2 Å². The van der Waals surface area contributed by atoms with Crippen molar-refractivity contribution in [1.29, 1.82) is 0 Å². The monoisotopic (exact) mass is 1270 g/mol. The van der Waals surface area contributed by atoms with Crippen LogP contribution in [0.5, 0.6) is 5.75 Å². The number of nitrogens with two attached hydrogens (primary N) is 2. The van der Waals surface area contributed by atoms with Gasteiger partial charge in [0.2, 0.25) is 59.1 Å². The van der Waals surface area contributed by atoms with Crippen LogP contribution in [0.25, 0.3) is 10.9 Å². The fourth-order valence-electron chi connectivity index (χ4n) is 10.5. The summed E-state index contributed by atoms with van der Waals surface area (Å²) in [7, 11) is 0. The number of aromatic hydroxyl groups is 1. The van der Waals surface area contributed by atoms with Gasteiger partial charge in [-0.15, -0.1) is 0 Å². The molecule has 91 heavy (non-hydrogen) atoms. The Hall–Kier alpha value is -9.61. The molecule has 18 N–H and O–H groups in total. The van der Waals surface area contributed by atoms with E-state index in [4.69, 9.17) is 21.4 Å². The Bertz CT molecular complexity index is 3160. The van der Waals surface area contributed by atoms with Crippen LogP contribution in [-0.4, -0.2) is 187 Å². The Morgan fingerprint density at radius 2 is 1.25 bits per heavy atom. The fourth-order valence-corrected chi connectivity index (χ4v) is 10.5. The number of imidazole rings is 1. The van der Waals surface area contributed by atoms with Gasteiger partial charge in [-0.05, 0) is 93.0 Å². The summed E-state index contributed by atoms with van der Waals surface area (Å²) in [5.74, 6) is -8.39. The Balaban J connectivity index is 0.00000365. The van der Waals surface area contributed by atoms with Crippen molar-refractivity contribution < 1.29 is 68.1 Å². The molecule has 2 saturated heterocycles. The maximum Gasteiger partial charge on any atom is 0.300 e. The molecule has 0 bridgehead atoms. The summed E-state index contributed by atoms with van der Waals surface area (Å²) in [6.45, 7) is 9.91. The molecule has 4 aromatic rings. The second-order valence-electron chi connectivity index (χ2n) is 23.3. The van der Waals surface area contributed by atoms with E-state index in [-0.39, 0.29) is 106 Å². The van der Waals surface area contributed by atoms with Crippen LogP contribution < -0.4 is 59.3 Å². The Morgan fingerprint density at radius 3 is 1.80 bits per heavy atom. The van der Waals surface area contributed by atoms with Gasteiger partial charge >= 0.3 is 0 Å². The lowest BCUT2D eigenvalue weighted by atomic mass is 9.98. The number of guanidine groups is 1. The number of likely N-dealkylation sites (tertiary alicyclic amines) is 1. The van der Waals surface area contributed by atoms with Crippen LogP contribution in [0.2, 0.25) is 0 Å². The zero-order valence-corrected chi connectivity index (χ0v) is 52.1. The molecule has 0 radical (unpaired) electrons. The molecule has 2 aliphatic rings. The minimum Gasteiger partial charge on any atom is -0.508 e. The molecular formula is C61H88N16O14. The number of aliphatic carboxylic acids is 1. The Morgan fingerprint density at radius 1 is 0.703 bits per heavy atom. The van der Waals surface area contributed by atoms with E-state index < -0.39 is 114 Å². The SMILES string of the molecule is CC(=O)O.CCNC(=O)[C@@H]1CCCN1C(=O)[C@H](CCCN=C(N)N)NC(=O)[C@H](CC(C)C)NC(=O)[C@@H](CC(C)C)NC(=O)[C@H](Cc1ccc(O)cc1)NC(=O)[C@H](CO)NC(=O)[C@H](Cc1c[nH]c2ccccc12)NC(=O)[C@@H](Cc1cnc[nH]1)NC(=O)[C@@H]1CCC(=O)N1. The molecule has 0 unspecified atom stereocenters. The minimum absolute atomic E-state index is 0.0397. The quantitative estimate of drug-likeness (QED) is 0.0153. The molecular weight excluding hydrogens is 1180 g/mol. The lowest BCUT2D eigenvalue weighted by molar-refractivity contribution is -0.142. The molecule has 2 aromatic heterocycles. The molecule has 9 atom stereocenters. The van der Waals surface area contributed by atoms with Crippen molar-refractivity contribution in [3.8, 4) is 5.75 Å². The standard InChI is InChI=1S/C59H84N16O12.C2H4O2/c1-6-63-57(86)48-14-10-22-75(48)58(87)41(13-9-21-64-59(60)61)68-51(80)42(23-32(2)3)69-52(81)43(24-33(4)5)70-53(82)44(25-34-15-17-37(77)18-16-34)71-56(85)47(30-76)74-54(83)45(26-35-28-65-39-12-8-7-11-38(35)39)72-55(84)46(27-36-29-62-31-66-36)73-50(79)40-19-20-49(78)67-40;1-2(3)4/h7-8,11-12,15-18,28-29,31-33,40-48,65,76-77H,6,9-10,13-14,19-27,30H2,1-5H3,(H,62,66)(H,63,86)(H,67,78)(H,68,80)(H,69,81)(H,70,82)(H,71,85)(H,72,84)(H,73,79)(H,74,83)(H4,60,61,64);1H3,(H,3,4)/t40-,41-,42-,43+,44-,45-,46+,47-,48-;/m0./s1. The molecule has 0 saturated carbocycles. The van der Waals surface area contributed by atoms with Gasteiger partial charge in [-0.2, -0.15) is 0 Å². The summed E-state index contributed by atoms with van der Waals surface area (Å²) >= 11 is 0. The number of nitrogens with zero attached hydrogens (tertiary/aromatic N) is 3. The topological polar surface area (TPSA) is 469 Å². The molecule has 0 aliphatic carbocycles. The molecule has 496 valence electrons. The van der Waals surface area contributed by atoms with Crippen molar-refractivity contribution in [3.05, 3.63) is 84.1 Å². The van der Waals surface area contributed by atoms with Gasteiger partial charge in [0.05, 0.1) is 12.9 Å². The number of aliphatic imine (C=N–C) groups is 1. The first-order valence-corrected chi connectivity index (χ1v) is 30.4. The molecule has 30 nitrogen and oxygen atoms in total. The number of aromatic nitrogens is 3. The summed E-state index contributed by atoms with van der Waals surface area (Å²) in [5, 5.41) is 53.3. The number of H-pyrrole nitrogens is 2. The summed E-state index contributed by atoms with van der Waals surface area (Å²) in [5.41, 5.74) is 13.3. The van der Waals surface area contributed by atoms with E-state index in [9.17, 15) is 58.2 Å². The number of carbonyl (C=O) groups excluding carboxylic acids is 10. The summed E-state index contributed by atoms with van der Waals surface area (Å²) in [6, 6.07) is 1.58. The number of carboxylic acids is 1. The van der Waals surface area contributed by atoms with Crippen molar-refractivity contribution in [2.45, 2.75) is 167 Å². The van der Waals surface area contributed by atoms with Crippen molar-refractivity contribution in [2.24, 2.45) is 28.3 Å². The van der Waals surface area contributed by atoms with Crippen LogP contribution in [0.15, 0.2) is 72.2 Å². The van der Waals surface area contributed by atoms with E-state index in [1.165, 1.54) is 41.7 Å². The predicted octanol–water partition coefficient (Wildman–Crippen LogP) is -1.35. The zero-order valence-electron chi connectivity index (χ0n) is 52.1. The number of aliphatic hydroxyl groups is 1. The fraction of sp³-hybridized carbons (Fsp3) is 0.525. The molecule has 10 amide bonds. The molecule has 0 spiro atoms. The second kappa shape index (κ2) is 35.5. The van der Waals surface area contributed by atoms with Crippen molar-refractivity contribution in [1.82, 2.24) is 67.7 Å². The average molecular weight is 1270 g/mol. The lowest BCUT2D eigenvalue weighted by Crippen LogP contribution is -2.61. The molecule has 6 rings (SSSR count). The number of aromatic amines is 2. The maximum atomic E-state index is 14.7. The first-order valence-electron chi connectivity index (χ1n) is 30.4. The number of aliphatic hydroxyl groups excluding tert-OH is 1. The van der Waals surface area contributed by atoms with Gasteiger partial charge in [0.1, 0.15) is 60.1 Å². The second-order valence-corrected chi connectivity index (χ2v) is 23.3.